The molecule has 1 aromatic heterocycles. The minimum absolute atomic E-state index is 0.315. The zero-order valence-electron chi connectivity index (χ0n) is 7.55. The van der Waals surface area contributed by atoms with Gasteiger partial charge in [-0.05, 0) is 6.42 Å². The molecule has 0 saturated heterocycles. The maximum atomic E-state index is 5.86. The van der Waals surface area contributed by atoms with E-state index >= 15 is 0 Å². The number of nitrogens with two attached hydrogens (primary N) is 1. The highest BCUT2D eigenvalue weighted by atomic mass is 35.5. The van der Waals surface area contributed by atoms with Crippen molar-refractivity contribution in [2.45, 2.75) is 19.8 Å². The monoisotopic (exact) mass is 200 g/mol. The van der Waals surface area contributed by atoms with Crippen molar-refractivity contribution in [3.63, 3.8) is 0 Å². The van der Waals surface area contributed by atoms with Gasteiger partial charge in [-0.1, -0.05) is 24.9 Å². The summed E-state index contributed by atoms with van der Waals surface area (Å²) < 4.78 is 0. The highest BCUT2D eigenvalue weighted by Gasteiger charge is 2.04. The average Bonchev–Trinajstić information content (AvgIpc) is 2.13. The Morgan fingerprint density at radius 1 is 1.54 bits per heavy atom. The van der Waals surface area contributed by atoms with Crippen LogP contribution in [0.25, 0.3) is 0 Å². The van der Waals surface area contributed by atoms with Gasteiger partial charge in [0.15, 0.2) is 0 Å². The molecule has 0 aliphatic rings. The SMILES string of the molecule is CCCCNc1ncnc(N)c1Cl. The van der Waals surface area contributed by atoms with Crippen LogP contribution < -0.4 is 11.1 Å². The second kappa shape index (κ2) is 4.87. The molecule has 0 spiro atoms. The molecule has 0 bridgehead atoms. The molecule has 0 aliphatic heterocycles. The molecule has 0 aliphatic carbocycles. The lowest BCUT2D eigenvalue weighted by atomic mass is 10.3. The van der Waals surface area contributed by atoms with E-state index in [4.69, 9.17) is 17.3 Å². The third-order valence-electron chi connectivity index (χ3n) is 1.64. The molecule has 1 aromatic rings. The first kappa shape index (κ1) is 10.1. The number of unbranched alkanes of at least 4 members (excludes halogenated alkanes) is 1. The topological polar surface area (TPSA) is 63.8 Å². The average molecular weight is 201 g/mol. The summed E-state index contributed by atoms with van der Waals surface area (Å²) in [6, 6.07) is 0. The van der Waals surface area contributed by atoms with Crippen molar-refractivity contribution < 1.29 is 0 Å². The van der Waals surface area contributed by atoms with Crippen molar-refractivity contribution in [3.05, 3.63) is 11.3 Å². The Morgan fingerprint density at radius 3 is 3.00 bits per heavy atom. The maximum absolute atomic E-state index is 5.86. The number of aromatic nitrogens is 2. The Morgan fingerprint density at radius 2 is 2.31 bits per heavy atom. The standard InChI is InChI=1S/C8H13ClN4/c1-2-3-4-11-8-6(9)7(10)12-5-13-8/h5H,2-4H2,1H3,(H3,10,11,12,13). The highest BCUT2D eigenvalue weighted by molar-refractivity contribution is 6.35. The van der Waals surface area contributed by atoms with E-state index in [0.29, 0.717) is 16.7 Å². The van der Waals surface area contributed by atoms with Gasteiger partial charge in [0.2, 0.25) is 0 Å². The Balaban J connectivity index is 2.61. The molecule has 0 fully saturated rings. The van der Waals surface area contributed by atoms with Gasteiger partial charge >= 0.3 is 0 Å². The van der Waals surface area contributed by atoms with Crippen LogP contribution in [0.1, 0.15) is 19.8 Å². The predicted molar refractivity (Wildman–Crippen MR) is 54.9 cm³/mol. The van der Waals surface area contributed by atoms with Crippen LogP contribution in [-0.4, -0.2) is 16.5 Å². The number of hydrogen-bond donors (Lipinski definition) is 2. The molecule has 5 heteroatoms. The van der Waals surface area contributed by atoms with Crippen LogP contribution in [-0.2, 0) is 0 Å². The van der Waals surface area contributed by atoms with Crippen LogP contribution in [0.2, 0.25) is 5.02 Å². The summed E-state index contributed by atoms with van der Waals surface area (Å²) in [6.45, 7) is 2.98. The number of anilines is 2. The molecule has 13 heavy (non-hydrogen) atoms. The number of nitrogens with one attached hydrogen (secondary N) is 1. The number of halogens is 1. The van der Waals surface area contributed by atoms with Gasteiger partial charge in [-0.3, -0.25) is 0 Å². The van der Waals surface area contributed by atoms with Gasteiger partial charge in [0.05, 0.1) is 0 Å². The summed E-state index contributed by atoms with van der Waals surface area (Å²) >= 11 is 5.86. The van der Waals surface area contributed by atoms with E-state index in [9.17, 15) is 0 Å². The lowest BCUT2D eigenvalue weighted by molar-refractivity contribution is 0.830. The number of hydrogen-bond acceptors (Lipinski definition) is 4. The first-order valence-corrected chi connectivity index (χ1v) is 4.63. The van der Waals surface area contributed by atoms with Crippen LogP contribution in [0.3, 0.4) is 0 Å². The van der Waals surface area contributed by atoms with E-state index in [1.807, 2.05) is 0 Å². The van der Waals surface area contributed by atoms with Crippen molar-refractivity contribution in [1.82, 2.24) is 9.97 Å². The van der Waals surface area contributed by atoms with E-state index in [-0.39, 0.29) is 0 Å². The van der Waals surface area contributed by atoms with Gasteiger partial charge in [-0.15, -0.1) is 0 Å². The molecular weight excluding hydrogens is 188 g/mol. The molecular formula is C8H13ClN4. The molecule has 0 saturated carbocycles. The molecule has 0 unspecified atom stereocenters. The summed E-state index contributed by atoms with van der Waals surface area (Å²) in [5, 5.41) is 3.49. The number of rotatable bonds is 4. The summed E-state index contributed by atoms with van der Waals surface area (Å²) in [6.07, 6.45) is 3.61. The predicted octanol–water partition coefficient (Wildman–Crippen LogP) is 1.92. The quantitative estimate of drug-likeness (QED) is 0.729. The summed E-state index contributed by atoms with van der Waals surface area (Å²) in [5.74, 6) is 0.929. The van der Waals surface area contributed by atoms with Gasteiger partial charge in [0.1, 0.15) is 23.0 Å². The fraction of sp³-hybridized carbons (Fsp3) is 0.500. The number of nitrogens with zero attached hydrogens (tertiary/aromatic N) is 2. The highest BCUT2D eigenvalue weighted by Crippen LogP contribution is 2.22. The van der Waals surface area contributed by atoms with Gasteiger partial charge in [-0.2, -0.15) is 0 Å². The van der Waals surface area contributed by atoms with Gasteiger partial charge in [0.25, 0.3) is 0 Å². The fourth-order valence-electron chi connectivity index (χ4n) is 0.890. The Labute approximate surface area is 82.5 Å². The van der Waals surface area contributed by atoms with Crippen LogP contribution in [0.4, 0.5) is 11.6 Å². The molecule has 72 valence electrons. The van der Waals surface area contributed by atoms with Crippen LogP contribution >= 0.6 is 11.6 Å². The van der Waals surface area contributed by atoms with E-state index in [1.54, 1.807) is 0 Å². The summed E-state index contributed by atoms with van der Waals surface area (Å²) in [7, 11) is 0. The lowest BCUT2D eigenvalue weighted by Crippen LogP contribution is -2.05. The van der Waals surface area contributed by atoms with E-state index in [1.165, 1.54) is 6.33 Å². The normalized spacial score (nSPS) is 10.0. The lowest BCUT2D eigenvalue weighted by Gasteiger charge is -2.06. The second-order valence-electron chi connectivity index (χ2n) is 2.70. The minimum Gasteiger partial charge on any atom is -0.382 e. The van der Waals surface area contributed by atoms with Gasteiger partial charge in [-0.25, -0.2) is 9.97 Å². The van der Waals surface area contributed by atoms with Crippen molar-refractivity contribution >= 4 is 23.2 Å². The van der Waals surface area contributed by atoms with E-state index in [2.05, 4.69) is 22.2 Å². The second-order valence-corrected chi connectivity index (χ2v) is 3.08. The Kier molecular flexibility index (Phi) is 3.76. The molecule has 0 radical (unpaired) electrons. The van der Waals surface area contributed by atoms with Gasteiger partial charge < -0.3 is 11.1 Å². The summed E-state index contributed by atoms with van der Waals surface area (Å²) in [5.41, 5.74) is 5.50. The van der Waals surface area contributed by atoms with Crippen molar-refractivity contribution in [2.24, 2.45) is 0 Å². The molecule has 3 N–H and O–H groups in total. The zero-order chi connectivity index (χ0) is 9.68. The van der Waals surface area contributed by atoms with Crippen LogP contribution in [0, 0.1) is 0 Å². The Bertz CT molecular complexity index is 277. The molecule has 0 amide bonds. The Hall–Kier alpha value is -1.03. The third kappa shape index (κ3) is 2.73. The molecule has 0 aromatic carbocycles. The van der Waals surface area contributed by atoms with Crippen molar-refractivity contribution in [1.29, 1.82) is 0 Å². The summed E-state index contributed by atoms with van der Waals surface area (Å²) in [4.78, 5) is 7.74. The van der Waals surface area contributed by atoms with Crippen molar-refractivity contribution in [2.75, 3.05) is 17.6 Å². The molecule has 1 rings (SSSR count). The van der Waals surface area contributed by atoms with E-state index < -0.39 is 0 Å². The molecule has 4 nitrogen and oxygen atoms in total. The molecule has 0 atom stereocenters. The first-order valence-electron chi connectivity index (χ1n) is 4.25. The van der Waals surface area contributed by atoms with Crippen molar-refractivity contribution in [3.8, 4) is 0 Å². The van der Waals surface area contributed by atoms with Crippen LogP contribution in [0.5, 0.6) is 0 Å². The maximum Gasteiger partial charge on any atom is 0.150 e. The van der Waals surface area contributed by atoms with Crippen LogP contribution in [0.15, 0.2) is 6.33 Å². The smallest absolute Gasteiger partial charge is 0.150 e. The fourth-order valence-corrected chi connectivity index (χ4v) is 1.05. The molecule has 1 heterocycles. The third-order valence-corrected chi connectivity index (χ3v) is 2.01. The minimum atomic E-state index is 0.315. The van der Waals surface area contributed by atoms with Gasteiger partial charge in [0, 0.05) is 6.54 Å². The zero-order valence-corrected chi connectivity index (χ0v) is 8.30. The first-order chi connectivity index (χ1) is 6.25. The number of nitrogen functional groups attached to an aromatic ring is 1. The van der Waals surface area contributed by atoms with E-state index in [0.717, 1.165) is 19.4 Å². The largest absolute Gasteiger partial charge is 0.382 e.